The fraction of sp³-hybridized carbons (Fsp3) is 0.167. The molecule has 21 heavy (non-hydrogen) atoms. The van der Waals surface area contributed by atoms with Crippen molar-refractivity contribution in [2.45, 2.75) is 20.8 Å². The first-order valence-corrected chi connectivity index (χ1v) is 6.76. The largest absolute Gasteiger partial charge is 0.313 e. The molecule has 3 heteroatoms. The van der Waals surface area contributed by atoms with Crippen molar-refractivity contribution < 1.29 is 21.1 Å². The number of para-hydroxylation sites is 1. The maximum absolute atomic E-state index is 4.67. The van der Waals surface area contributed by atoms with Gasteiger partial charge in [-0.15, -0.1) is 35.9 Å². The SMILES string of the molecule is Cc1cccc(C)c1-n1cc(-c2[c-]cccc2)nc1C.[Pt]. The molecule has 0 aliphatic heterocycles. The number of imidazole rings is 1. The molecule has 0 fully saturated rings. The Kier molecular flexibility index (Phi) is 4.80. The van der Waals surface area contributed by atoms with E-state index in [1.807, 2.05) is 31.2 Å². The third kappa shape index (κ3) is 3.01. The Bertz CT molecular complexity index is 725. The second-order valence-electron chi connectivity index (χ2n) is 5.06. The van der Waals surface area contributed by atoms with Crippen molar-refractivity contribution in [3.8, 4) is 16.9 Å². The van der Waals surface area contributed by atoms with Gasteiger partial charge in [0.1, 0.15) is 0 Å². The van der Waals surface area contributed by atoms with E-state index in [2.05, 4.69) is 53.9 Å². The molecule has 0 saturated heterocycles. The van der Waals surface area contributed by atoms with Crippen LogP contribution in [0.15, 0.2) is 48.7 Å². The fourth-order valence-electron chi connectivity index (χ4n) is 2.57. The van der Waals surface area contributed by atoms with Crippen LogP contribution in [0, 0.1) is 26.8 Å². The standard InChI is InChI=1S/C18H17N2.Pt/c1-13-8-7-9-14(2)18(13)20-12-17(19-15(20)3)16-10-5-4-6-11-16;/h4-10,12H,1-3H3;/q-1;. The number of nitrogens with zero attached hydrogens (tertiary/aromatic N) is 2. The van der Waals surface area contributed by atoms with Gasteiger partial charge in [0.2, 0.25) is 0 Å². The molecule has 0 saturated carbocycles. The number of rotatable bonds is 2. The van der Waals surface area contributed by atoms with Gasteiger partial charge in [0.25, 0.3) is 0 Å². The summed E-state index contributed by atoms with van der Waals surface area (Å²) in [6.45, 7) is 6.31. The van der Waals surface area contributed by atoms with Gasteiger partial charge < -0.3 is 4.57 Å². The minimum atomic E-state index is 0. The first-order chi connectivity index (χ1) is 9.66. The molecule has 0 spiro atoms. The summed E-state index contributed by atoms with van der Waals surface area (Å²) >= 11 is 0. The smallest absolute Gasteiger partial charge is 0.0992 e. The van der Waals surface area contributed by atoms with Crippen LogP contribution in [0.3, 0.4) is 0 Å². The van der Waals surface area contributed by atoms with E-state index in [0.717, 1.165) is 17.1 Å². The van der Waals surface area contributed by atoms with Gasteiger partial charge in [-0.3, -0.25) is 4.98 Å². The quantitative estimate of drug-likeness (QED) is 0.527. The molecule has 0 amide bonds. The van der Waals surface area contributed by atoms with Gasteiger partial charge in [-0.25, -0.2) is 0 Å². The van der Waals surface area contributed by atoms with E-state index >= 15 is 0 Å². The zero-order valence-electron chi connectivity index (χ0n) is 12.3. The molecule has 2 nitrogen and oxygen atoms in total. The second kappa shape index (κ2) is 6.40. The van der Waals surface area contributed by atoms with Crippen LogP contribution in [-0.4, -0.2) is 9.55 Å². The van der Waals surface area contributed by atoms with Crippen LogP contribution in [0.2, 0.25) is 0 Å². The minimum Gasteiger partial charge on any atom is -0.313 e. The average Bonchev–Trinajstić information content (AvgIpc) is 2.82. The maximum Gasteiger partial charge on any atom is 0.0992 e. The van der Waals surface area contributed by atoms with Crippen molar-refractivity contribution in [3.05, 3.63) is 71.7 Å². The normalized spacial score (nSPS) is 10.2. The van der Waals surface area contributed by atoms with Crippen LogP contribution in [0.1, 0.15) is 17.0 Å². The fourth-order valence-corrected chi connectivity index (χ4v) is 2.57. The number of benzene rings is 2. The minimum absolute atomic E-state index is 0. The van der Waals surface area contributed by atoms with E-state index in [4.69, 9.17) is 0 Å². The number of hydrogen-bond donors (Lipinski definition) is 0. The first-order valence-electron chi connectivity index (χ1n) is 6.76. The zero-order chi connectivity index (χ0) is 14.1. The molecular formula is C18H17N2Pt-. The van der Waals surface area contributed by atoms with Crippen LogP contribution < -0.4 is 0 Å². The monoisotopic (exact) mass is 456 g/mol. The van der Waals surface area contributed by atoms with Crippen LogP contribution in [0.5, 0.6) is 0 Å². The van der Waals surface area contributed by atoms with E-state index in [1.54, 1.807) is 0 Å². The third-order valence-corrected chi connectivity index (χ3v) is 3.55. The van der Waals surface area contributed by atoms with E-state index in [-0.39, 0.29) is 21.1 Å². The van der Waals surface area contributed by atoms with Gasteiger partial charge in [0.15, 0.2) is 0 Å². The molecule has 1 aromatic heterocycles. The Morgan fingerprint density at radius 1 is 0.952 bits per heavy atom. The third-order valence-electron chi connectivity index (χ3n) is 3.55. The van der Waals surface area contributed by atoms with Crippen molar-refractivity contribution in [2.24, 2.45) is 0 Å². The summed E-state index contributed by atoms with van der Waals surface area (Å²) in [6.07, 6.45) is 2.09. The van der Waals surface area contributed by atoms with Crippen LogP contribution in [0.4, 0.5) is 0 Å². The van der Waals surface area contributed by atoms with Gasteiger partial charge >= 0.3 is 0 Å². The Balaban J connectivity index is 0.00000161. The summed E-state index contributed by atoms with van der Waals surface area (Å²) in [5, 5.41) is 0. The Hall–Kier alpha value is -1.66. The molecule has 1 heterocycles. The van der Waals surface area contributed by atoms with Crippen LogP contribution >= 0.6 is 0 Å². The van der Waals surface area contributed by atoms with Gasteiger partial charge in [-0.05, 0) is 38.1 Å². The summed E-state index contributed by atoms with van der Waals surface area (Å²) in [6, 6.07) is 17.5. The summed E-state index contributed by atoms with van der Waals surface area (Å²) in [7, 11) is 0. The van der Waals surface area contributed by atoms with E-state index in [1.165, 1.54) is 16.8 Å². The van der Waals surface area contributed by atoms with Crippen molar-refractivity contribution in [1.29, 1.82) is 0 Å². The Labute approximate surface area is 140 Å². The summed E-state index contributed by atoms with van der Waals surface area (Å²) in [5.41, 5.74) is 5.73. The molecule has 0 aliphatic rings. The molecule has 0 unspecified atom stereocenters. The molecule has 0 N–H and O–H groups in total. The maximum atomic E-state index is 4.67. The van der Waals surface area contributed by atoms with Crippen molar-refractivity contribution in [2.75, 3.05) is 0 Å². The number of aryl methyl sites for hydroxylation is 3. The summed E-state index contributed by atoms with van der Waals surface area (Å²) < 4.78 is 2.17. The van der Waals surface area contributed by atoms with Gasteiger partial charge in [-0.2, -0.15) is 0 Å². The van der Waals surface area contributed by atoms with Crippen molar-refractivity contribution in [1.82, 2.24) is 9.55 Å². The summed E-state index contributed by atoms with van der Waals surface area (Å²) in [4.78, 5) is 4.67. The molecule has 0 bridgehead atoms. The predicted molar refractivity (Wildman–Crippen MR) is 82.0 cm³/mol. The van der Waals surface area contributed by atoms with Crippen LogP contribution in [0.25, 0.3) is 16.9 Å². The molecule has 0 aliphatic carbocycles. The predicted octanol–water partition coefficient (Wildman–Crippen LogP) is 4.26. The molecular weight excluding hydrogens is 439 g/mol. The van der Waals surface area contributed by atoms with Crippen molar-refractivity contribution in [3.63, 3.8) is 0 Å². The first kappa shape index (κ1) is 15.7. The molecule has 2 aromatic carbocycles. The van der Waals surface area contributed by atoms with Crippen molar-refractivity contribution >= 4 is 0 Å². The topological polar surface area (TPSA) is 17.8 Å². The van der Waals surface area contributed by atoms with Gasteiger partial charge in [0.05, 0.1) is 11.5 Å². The van der Waals surface area contributed by atoms with Gasteiger partial charge in [-0.1, -0.05) is 18.2 Å². The number of aromatic nitrogens is 2. The number of hydrogen-bond acceptors (Lipinski definition) is 1. The zero-order valence-corrected chi connectivity index (χ0v) is 14.6. The molecule has 110 valence electrons. The average molecular weight is 456 g/mol. The van der Waals surface area contributed by atoms with E-state index in [0.29, 0.717) is 0 Å². The molecule has 3 rings (SSSR count). The summed E-state index contributed by atoms with van der Waals surface area (Å²) in [5.74, 6) is 0.995. The molecule has 3 aromatic rings. The van der Waals surface area contributed by atoms with E-state index < -0.39 is 0 Å². The Morgan fingerprint density at radius 3 is 2.29 bits per heavy atom. The Morgan fingerprint density at radius 2 is 1.67 bits per heavy atom. The van der Waals surface area contributed by atoms with Crippen LogP contribution in [-0.2, 0) is 21.1 Å². The second-order valence-corrected chi connectivity index (χ2v) is 5.06. The van der Waals surface area contributed by atoms with Gasteiger partial charge in [0, 0.05) is 26.8 Å². The molecule has 0 radical (unpaired) electrons. The molecule has 0 atom stereocenters. The van der Waals surface area contributed by atoms with E-state index in [9.17, 15) is 0 Å².